The van der Waals surface area contributed by atoms with Gasteiger partial charge in [-0.1, -0.05) is 6.92 Å². The molecule has 4 rings (SSSR count). The van der Waals surface area contributed by atoms with Gasteiger partial charge < -0.3 is 9.88 Å². The number of sulfonamides is 1. The number of nitrogens with zero attached hydrogens (tertiary/aromatic N) is 2. The van der Waals surface area contributed by atoms with Gasteiger partial charge in [0, 0.05) is 40.9 Å². The monoisotopic (exact) mass is 411 g/mol. The molecular weight excluding hydrogens is 386 g/mol. The molecule has 152 valence electrons. The number of anilines is 2. The van der Waals surface area contributed by atoms with Gasteiger partial charge in [0.2, 0.25) is 10.0 Å². The van der Waals surface area contributed by atoms with E-state index in [0.29, 0.717) is 17.7 Å². The Morgan fingerprint density at radius 2 is 1.97 bits per heavy atom. The average Bonchev–Trinajstić information content (AvgIpc) is 3.20. The highest BCUT2D eigenvalue weighted by molar-refractivity contribution is 7.92. The van der Waals surface area contributed by atoms with E-state index in [0.717, 1.165) is 35.1 Å². The molecule has 1 aromatic heterocycles. The van der Waals surface area contributed by atoms with Crippen molar-refractivity contribution in [3.05, 3.63) is 59.8 Å². The van der Waals surface area contributed by atoms with Crippen molar-refractivity contribution in [2.24, 2.45) is 0 Å². The molecule has 2 aromatic carbocycles. The van der Waals surface area contributed by atoms with Crippen molar-refractivity contribution < 1.29 is 13.2 Å². The molecule has 0 fully saturated rings. The van der Waals surface area contributed by atoms with Gasteiger partial charge in [-0.2, -0.15) is 0 Å². The number of carbonyl (C=O) groups is 1. The number of rotatable bonds is 5. The number of aryl methyl sites for hydroxylation is 1. The molecule has 1 amide bonds. The summed E-state index contributed by atoms with van der Waals surface area (Å²) in [7, 11) is -3.34. The molecule has 1 unspecified atom stereocenters. The Kier molecular flexibility index (Phi) is 4.86. The maximum absolute atomic E-state index is 12.8. The zero-order valence-corrected chi connectivity index (χ0v) is 17.7. The van der Waals surface area contributed by atoms with Gasteiger partial charge in [-0.15, -0.1) is 0 Å². The molecule has 0 aliphatic carbocycles. The Morgan fingerprint density at radius 3 is 2.69 bits per heavy atom. The van der Waals surface area contributed by atoms with Crippen LogP contribution in [0.15, 0.2) is 48.7 Å². The molecule has 0 saturated carbocycles. The Bertz CT molecular complexity index is 1200. The highest BCUT2D eigenvalue weighted by atomic mass is 32.2. The third-order valence-electron chi connectivity index (χ3n) is 5.35. The number of hydrogen-bond donors (Lipinski definition) is 1. The van der Waals surface area contributed by atoms with Crippen LogP contribution >= 0.6 is 0 Å². The average molecular weight is 412 g/mol. The first-order valence-electron chi connectivity index (χ1n) is 9.80. The summed E-state index contributed by atoms with van der Waals surface area (Å²) in [6.07, 6.45) is 4.94. The maximum atomic E-state index is 12.8. The normalized spacial score (nSPS) is 16.2. The molecule has 1 aliphatic heterocycles. The van der Waals surface area contributed by atoms with E-state index in [2.05, 4.69) is 29.1 Å². The van der Waals surface area contributed by atoms with E-state index < -0.39 is 10.0 Å². The lowest BCUT2D eigenvalue weighted by Gasteiger charge is -2.21. The van der Waals surface area contributed by atoms with Crippen LogP contribution in [-0.2, 0) is 23.0 Å². The first kappa shape index (κ1) is 19.5. The third-order valence-corrected chi connectivity index (χ3v) is 6.62. The zero-order valence-electron chi connectivity index (χ0n) is 16.8. The molecule has 0 spiro atoms. The molecule has 0 radical (unpaired) electrons. The van der Waals surface area contributed by atoms with E-state index in [-0.39, 0.29) is 11.9 Å². The number of nitrogens with one attached hydrogen (secondary N) is 1. The minimum atomic E-state index is -3.34. The number of hydrogen-bond acceptors (Lipinski definition) is 3. The fourth-order valence-corrected chi connectivity index (χ4v) is 5.43. The quantitative estimate of drug-likeness (QED) is 0.689. The van der Waals surface area contributed by atoms with Gasteiger partial charge in [-0.3, -0.25) is 9.10 Å². The minimum absolute atomic E-state index is 0.145. The van der Waals surface area contributed by atoms with Gasteiger partial charge in [-0.25, -0.2) is 8.42 Å². The van der Waals surface area contributed by atoms with Crippen LogP contribution in [0.1, 0.15) is 36.2 Å². The van der Waals surface area contributed by atoms with E-state index in [9.17, 15) is 13.2 Å². The van der Waals surface area contributed by atoms with E-state index in [1.165, 1.54) is 10.6 Å². The lowest BCUT2D eigenvalue weighted by molar-refractivity contribution is 0.102. The molecule has 0 bridgehead atoms. The third kappa shape index (κ3) is 3.62. The lowest BCUT2D eigenvalue weighted by Crippen LogP contribution is -2.34. The summed E-state index contributed by atoms with van der Waals surface area (Å²) in [6.45, 7) is 4.99. The van der Waals surface area contributed by atoms with E-state index in [1.54, 1.807) is 18.2 Å². The lowest BCUT2D eigenvalue weighted by atomic mass is 10.1. The highest BCUT2D eigenvalue weighted by Crippen LogP contribution is 2.35. The largest absolute Gasteiger partial charge is 0.347 e. The predicted octanol–water partition coefficient (Wildman–Crippen LogP) is 4.01. The number of amides is 1. The van der Waals surface area contributed by atoms with Crippen LogP contribution in [0, 0.1) is 0 Å². The van der Waals surface area contributed by atoms with Crippen LogP contribution in [0.5, 0.6) is 0 Å². The first-order chi connectivity index (χ1) is 13.8. The molecule has 29 heavy (non-hydrogen) atoms. The van der Waals surface area contributed by atoms with Crippen molar-refractivity contribution in [1.29, 1.82) is 0 Å². The summed E-state index contributed by atoms with van der Waals surface area (Å²) >= 11 is 0. The highest BCUT2D eigenvalue weighted by Gasteiger charge is 2.32. The van der Waals surface area contributed by atoms with Crippen LogP contribution in [0.25, 0.3) is 10.9 Å². The standard InChI is InChI=1S/C22H25N3O3S/c1-4-10-24-11-9-16-14-19(6-8-20(16)24)23-22(26)17-5-7-21-18(13-17)12-15(2)25(21)29(3,27)28/h5-9,11,13-15H,4,10,12H2,1-3H3,(H,23,26). The number of benzene rings is 2. The van der Waals surface area contributed by atoms with Crippen molar-refractivity contribution in [3.8, 4) is 0 Å². The number of aromatic nitrogens is 1. The fraction of sp³-hybridized carbons (Fsp3) is 0.318. The van der Waals surface area contributed by atoms with Gasteiger partial charge in [0.1, 0.15) is 0 Å². The topological polar surface area (TPSA) is 71.4 Å². The maximum Gasteiger partial charge on any atom is 0.255 e. The molecular formula is C22H25N3O3S. The summed E-state index contributed by atoms with van der Waals surface area (Å²) in [4.78, 5) is 12.8. The molecule has 1 aliphatic rings. The van der Waals surface area contributed by atoms with E-state index >= 15 is 0 Å². The van der Waals surface area contributed by atoms with Crippen molar-refractivity contribution in [2.45, 2.75) is 39.3 Å². The van der Waals surface area contributed by atoms with Gasteiger partial charge in [0.25, 0.3) is 5.91 Å². The van der Waals surface area contributed by atoms with Crippen molar-refractivity contribution >= 4 is 38.2 Å². The predicted molar refractivity (Wildman–Crippen MR) is 117 cm³/mol. The SMILES string of the molecule is CCCn1ccc2cc(NC(=O)c3ccc4c(c3)CC(C)N4S(C)(=O)=O)ccc21. The smallest absolute Gasteiger partial charge is 0.255 e. The van der Waals surface area contributed by atoms with Gasteiger partial charge >= 0.3 is 0 Å². The summed E-state index contributed by atoms with van der Waals surface area (Å²) < 4.78 is 27.8. The molecule has 6 nitrogen and oxygen atoms in total. The second-order valence-electron chi connectivity index (χ2n) is 7.69. The van der Waals surface area contributed by atoms with Crippen LogP contribution < -0.4 is 9.62 Å². The fourth-order valence-electron chi connectivity index (χ4n) is 4.17. The number of fused-ring (bicyclic) bond motifs is 2. The Balaban J connectivity index is 1.57. The summed E-state index contributed by atoms with van der Waals surface area (Å²) in [6, 6.07) is 13.0. The summed E-state index contributed by atoms with van der Waals surface area (Å²) in [5.74, 6) is -0.203. The minimum Gasteiger partial charge on any atom is -0.347 e. The second-order valence-corrected chi connectivity index (χ2v) is 9.55. The molecule has 3 aromatic rings. The first-order valence-corrected chi connectivity index (χ1v) is 11.7. The molecule has 2 heterocycles. The van der Waals surface area contributed by atoms with Gasteiger partial charge in [0.15, 0.2) is 0 Å². The molecule has 1 atom stereocenters. The molecule has 7 heteroatoms. The zero-order chi connectivity index (χ0) is 20.8. The summed E-state index contributed by atoms with van der Waals surface area (Å²) in [5, 5.41) is 4.04. The Morgan fingerprint density at radius 1 is 1.17 bits per heavy atom. The van der Waals surface area contributed by atoms with Crippen LogP contribution in [-0.4, -0.2) is 31.2 Å². The van der Waals surface area contributed by atoms with Crippen LogP contribution in [0.2, 0.25) is 0 Å². The van der Waals surface area contributed by atoms with Crippen molar-refractivity contribution in [3.63, 3.8) is 0 Å². The molecule has 0 saturated heterocycles. The second kappa shape index (κ2) is 7.22. The summed E-state index contributed by atoms with van der Waals surface area (Å²) in [5.41, 5.74) is 3.95. The van der Waals surface area contributed by atoms with Crippen molar-refractivity contribution in [1.82, 2.24) is 4.57 Å². The van der Waals surface area contributed by atoms with Crippen molar-refractivity contribution in [2.75, 3.05) is 15.9 Å². The van der Waals surface area contributed by atoms with E-state index in [4.69, 9.17) is 0 Å². The van der Waals surface area contributed by atoms with Crippen LogP contribution in [0.4, 0.5) is 11.4 Å². The molecule has 1 N–H and O–H groups in total. The Hall–Kier alpha value is -2.80. The van der Waals surface area contributed by atoms with E-state index in [1.807, 2.05) is 25.1 Å². The number of carbonyl (C=O) groups excluding carboxylic acids is 1. The van der Waals surface area contributed by atoms with Crippen LogP contribution in [0.3, 0.4) is 0 Å². The van der Waals surface area contributed by atoms with Gasteiger partial charge in [0.05, 0.1) is 11.9 Å². The van der Waals surface area contributed by atoms with Gasteiger partial charge in [-0.05, 0) is 67.8 Å². The Labute approximate surface area is 171 Å².